The zero-order chi connectivity index (χ0) is 16.9. The molecule has 0 amide bonds. The van der Waals surface area contributed by atoms with Crippen molar-refractivity contribution < 1.29 is 4.74 Å². The summed E-state index contributed by atoms with van der Waals surface area (Å²) in [5, 5.41) is 5.71. The maximum Gasteiger partial charge on any atom is 0.204 e. The van der Waals surface area contributed by atoms with Crippen LogP contribution in [0.15, 0.2) is 53.6 Å². The van der Waals surface area contributed by atoms with Crippen LogP contribution in [0.25, 0.3) is 11.3 Å². The van der Waals surface area contributed by atoms with Crippen LogP contribution in [0.2, 0.25) is 5.02 Å². The summed E-state index contributed by atoms with van der Waals surface area (Å²) in [5.41, 5.74) is 5.95. The number of nitrogens with zero attached hydrogens (tertiary/aromatic N) is 2. The number of halogens is 1. The van der Waals surface area contributed by atoms with Crippen molar-refractivity contribution >= 4 is 34.3 Å². The lowest BCUT2D eigenvalue weighted by atomic mass is 10.1. The van der Waals surface area contributed by atoms with Gasteiger partial charge >= 0.3 is 0 Å². The Kier molecular flexibility index (Phi) is 5.13. The molecule has 1 N–H and O–H groups in total. The SMILES string of the molecule is COc1ccc(/C=N\Nc2nc(-c3ccc(Cl)cc3)c(C)s2)cc1. The molecule has 0 radical (unpaired) electrons. The van der Waals surface area contributed by atoms with Gasteiger partial charge in [0.15, 0.2) is 0 Å². The van der Waals surface area contributed by atoms with Crippen LogP contribution in [0.1, 0.15) is 10.4 Å². The van der Waals surface area contributed by atoms with Gasteiger partial charge in [-0.1, -0.05) is 23.7 Å². The molecule has 0 saturated heterocycles. The molecule has 0 aliphatic rings. The summed E-state index contributed by atoms with van der Waals surface area (Å²) >= 11 is 7.50. The number of benzene rings is 2. The summed E-state index contributed by atoms with van der Waals surface area (Å²) in [5.74, 6) is 0.822. The lowest BCUT2D eigenvalue weighted by Crippen LogP contribution is -1.90. The standard InChI is InChI=1S/C18H16ClN3OS/c1-12-17(14-5-7-15(19)8-6-14)21-18(24-12)22-20-11-13-3-9-16(23-2)10-4-13/h3-11H,1-2H3,(H,21,22)/b20-11-. The molecule has 0 spiro atoms. The van der Waals surface area contributed by atoms with E-state index < -0.39 is 0 Å². The number of hydrogen-bond acceptors (Lipinski definition) is 5. The third kappa shape index (κ3) is 3.93. The number of aryl methyl sites for hydroxylation is 1. The van der Waals surface area contributed by atoms with Crippen molar-refractivity contribution in [3.63, 3.8) is 0 Å². The van der Waals surface area contributed by atoms with Gasteiger partial charge in [0.2, 0.25) is 5.13 Å². The van der Waals surface area contributed by atoms with E-state index in [1.165, 1.54) is 0 Å². The molecular weight excluding hydrogens is 342 g/mol. The van der Waals surface area contributed by atoms with Crippen LogP contribution in [0.5, 0.6) is 5.75 Å². The first-order chi connectivity index (χ1) is 11.7. The average Bonchev–Trinajstić information content (AvgIpc) is 2.97. The molecule has 3 rings (SSSR count). The minimum Gasteiger partial charge on any atom is -0.497 e. The third-order valence-corrected chi connectivity index (χ3v) is 4.53. The lowest BCUT2D eigenvalue weighted by molar-refractivity contribution is 0.415. The molecule has 3 aromatic rings. The van der Waals surface area contributed by atoms with Gasteiger partial charge in [-0.05, 0) is 48.9 Å². The van der Waals surface area contributed by atoms with E-state index in [1.54, 1.807) is 24.7 Å². The molecule has 1 heterocycles. The number of methoxy groups -OCH3 is 1. The molecule has 1 aromatic heterocycles. The summed E-state index contributed by atoms with van der Waals surface area (Å²) in [6.45, 7) is 2.04. The predicted molar refractivity (Wildman–Crippen MR) is 102 cm³/mol. The molecule has 4 nitrogen and oxygen atoms in total. The number of anilines is 1. The number of hydrazone groups is 1. The van der Waals surface area contributed by atoms with E-state index >= 15 is 0 Å². The van der Waals surface area contributed by atoms with Gasteiger partial charge < -0.3 is 4.74 Å². The van der Waals surface area contributed by atoms with Gasteiger partial charge in [0.25, 0.3) is 0 Å². The minimum atomic E-state index is 0.717. The molecule has 0 aliphatic heterocycles. The second-order valence-electron chi connectivity index (χ2n) is 5.07. The summed E-state index contributed by atoms with van der Waals surface area (Å²) < 4.78 is 5.13. The fraction of sp³-hybridized carbons (Fsp3) is 0.111. The Bertz CT molecular complexity index is 842. The Labute approximate surface area is 149 Å². The smallest absolute Gasteiger partial charge is 0.204 e. The molecule has 6 heteroatoms. The first-order valence-electron chi connectivity index (χ1n) is 7.32. The molecule has 24 heavy (non-hydrogen) atoms. The third-order valence-electron chi connectivity index (χ3n) is 3.40. The van der Waals surface area contributed by atoms with Crippen molar-refractivity contribution in [3.05, 3.63) is 64.0 Å². The molecule has 0 atom stereocenters. The molecule has 2 aromatic carbocycles. The molecular formula is C18H16ClN3OS. The number of aromatic nitrogens is 1. The van der Waals surface area contributed by atoms with E-state index in [2.05, 4.69) is 15.5 Å². The van der Waals surface area contributed by atoms with Crippen molar-refractivity contribution in [3.8, 4) is 17.0 Å². The molecule has 0 unspecified atom stereocenters. The van der Waals surface area contributed by atoms with E-state index in [4.69, 9.17) is 16.3 Å². The highest BCUT2D eigenvalue weighted by molar-refractivity contribution is 7.15. The number of thiazole rings is 1. The zero-order valence-corrected chi connectivity index (χ0v) is 14.9. The number of hydrogen-bond donors (Lipinski definition) is 1. The first kappa shape index (κ1) is 16.5. The number of nitrogens with one attached hydrogen (secondary N) is 1. The van der Waals surface area contributed by atoms with E-state index in [-0.39, 0.29) is 0 Å². The largest absolute Gasteiger partial charge is 0.497 e. The van der Waals surface area contributed by atoms with E-state index in [0.717, 1.165) is 32.6 Å². The van der Waals surface area contributed by atoms with Crippen LogP contribution in [0.4, 0.5) is 5.13 Å². The average molecular weight is 358 g/mol. The molecule has 122 valence electrons. The monoisotopic (exact) mass is 357 g/mol. The first-order valence-corrected chi connectivity index (χ1v) is 8.51. The van der Waals surface area contributed by atoms with E-state index in [1.807, 2.05) is 55.5 Å². The van der Waals surface area contributed by atoms with Crippen molar-refractivity contribution in [2.24, 2.45) is 5.10 Å². The van der Waals surface area contributed by atoms with Gasteiger partial charge in [-0.3, -0.25) is 5.43 Å². The Morgan fingerprint density at radius 1 is 1.12 bits per heavy atom. The van der Waals surface area contributed by atoms with Gasteiger partial charge in [0.1, 0.15) is 5.75 Å². The topological polar surface area (TPSA) is 46.5 Å². The van der Waals surface area contributed by atoms with Crippen molar-refractivity contribution in [1.29, 1.82) is 0 Å². The highest BCUT2D eigenvalue weighted by atomic mass is 35.5. The van der Waals surface area contributed by atoms with Crippen molar-refractivity contribution in [2.75, 3.05) is 12.5 Å². The van der Waals surface area contributed by atoms with Crippen LogP contribution in [-0.2, 0) is 0 Å². The molecule has 0 aliphatic carbocycles. The van der Waals surface area contributed by atoms with Crippen LogP contribution in [-0.4, -0.2) is 18.3 Å². The van der Waals surface area contributed by atoms with Crippen molar-refractivity contribution in [1.82, 2.24) is 4.98 Å². The van der Waals surface area contributed by atoms with Gasteiger partial charge in [-0.25, -0.2) is 4.98 Å². The Balaban J connectivity index is 1.70. The quantitative estimate of drug-likeness (QED) is 0.502. The van der Waals surface area contributed by atoms with Gasteiger partial charge in [0.05, 0.1) is 19.0 Å². The van der Waals surface area contributed by atoms with Crippen LogP contribution in [0, 0.1) is 6.92 Å². The normalized spacial score (nSPS) is 11.0. The van der Waals surface area contributed by atoms with Crippen LogP contribution in [0.3, 0.4) is 0 Å². The predicted octanol–water partition coefficient (Wildman–Crippen LogP) is 5.23. The van der Waals surface area contributed by atoms with Crippen LogP contribution >= 0.6 is 22.9 Å². The Morgan fingerprint density at radius 3 is 2.50 bits per heavy atom. The summed E-state index contributed by atoms with van der Waals surface area (Å²) in [7, 11) is 1.65. The summed E-state index contributed by atoms with van der Waals surface area (Å²) in [6, 6.07) is 15.3. The second-order valence-corrected chi connectivity index (χ2v) is 6.71. The maximum atomic E-state index is 5.93. The highest BCUT2D eigenvalue weighted by Gasteiger charge is 2.09. The minimum absolute atomic E-state index is 0.717. The fourth-order valence-corrected chi connectivity index (χ4v) is 3.08. The lowest BCUT2D eigenvalue weighted by Gasteiger charge is -1.99. The van der Waals surface area contributed by atoms with Crippen LogP contribution < -0.4 is 10.2 Å². The molecule has 0 saturated carbocycles. The summed E-state index contributed by atoms with van der Waals surface area (Å²) in [6.07, 6.45) is 1.75. The van der Waals surface area contributed by atoms with Gasteiger partial charge in [-0.15, -0.1) is 11.3 Å². The zero-order valence-electron chi connectivity index (χ0n) is 13.3. The van der Waals surface area contributed by atoms with E-state index in [0.29, 0.717) is 5.02 Å². The van der Waals surface area contributed by atoms with Gasteiger partial charge in [-0.2, -0.15) is 5.10 Å². The Morgan fingerprint density at radius 2 is 1.83 bits per heavy atom. The Hall–Kier alpha value is -2.37. The second kappa shape index (κ2) is 7.47. The molecule has 0 bridgehead atoms. The van der Waals surface area contributed by atoms with Gasteiger partial charge in [0, 0.05) is 15.5 Å². The highest BCUT2D eigenvalue weighted by Crippen LogP contribution is 2.30. The number of rotatable bonds is 5. The van der Waals surface area contributed by atoms with E-state index in [9.17, 15) is 0 Å². The maximum absolute atomic E-state index is 5.93. The van der Waals surface area contributed by atoms with Crippen molar-refractivity contribution in [2.45, 2.75) is 6.92 Å². The fourth-order valence-electron chi connectivity index (χ4n) is 2.17. The summed E-state index contributed by atoms with van der Waals surface area (Å²) in [4.78, 5) is 5.72. The number of ether oxygens (including phenoxy) is 1. The molecule has 0 fully saturated rings.